The van der Waals surface area contributed by atoms with Gasteiger partial charge in [-0.2, -0.15) is 0 Å². The van der Waals surface area contributed by atoms with Gasteiger partial charge in [0.1, 0.15) is 12.3 Å². The highest BCUT2D eigenvalue weighted by atomic mass is 79.9. The molecule has 0 aromatic heterocycles. The lowest BCUT2D eigenvalue weighted by Crippen LogP contribution is -2.48. The molecule has 3 N–H and O–H groups in total. The summed E-state index contributed by atoms with van der Waals surface area (Å²) in [6.45, 7) is -0.0333. The van der Waals surface area contributed by atoms with Crippen LogP contribution in [0.3, 0.4) is 0 Å². The third-order valence-corrected chi connectivity index (χ3v) is 4.80. The lowest BCUT2D eigenvalue weighted by molar-refractivity contribution is -0.125. The van der Waals surface area contributed by atoms with E-state index in [2.05, 4.69) is 21.2 Å². The molecule has 1 fully saturated rings. The molecule has 7 heteroatoms. The Morgan fingerprint density at radius 3 is 2.83 bits per heavy atom. The molecule has 1 aliphatic heterocycles. The molecular formula is C16H20BrN3O3. The number of nitrogens with one attached hydrogen (secondary N) is 1. The van der Waals surface area contributed by atoms with Crippen molar-refractivity contribution in [3.63, 3.8) is 0 Å². The van der Waals surface area contributed by atoms with Crippen LogP contribution < -0.4 is 20.7 Å². The molecule has 1 aromatic rings. The average molecular weight is 382 g/mol. The van der Waals surface area contributed by atoms with E-state index >= 15 is 0 Å². The first-order valence-corrected chi connectivity index (χ1v) is 8.60. The van der Waals surface area contributed by atoms with Gasteiger partial charge in [0.25, 0.3) is 5.91 Å². The minimum absolute atomic E-state index is 0.0133. The molecule has 0 atom stereocenters. The molecule has 0 bridgehead atoms. The van der Waals surface area contributed by atoms with Gasteiger partial charge in [0.05, 0.1) is 5.69 Å². The lowest BCUT2D eigenvalue weighted by atomic mass is 9.92. The van der Waals surface area contributed by atoms with E-state index in [1.165, 1.54) is 4.90 Å². The smallest absolute Gasteiger partial charge is 0.265 e. The van der Waals surface area contributed by atoms with Crippen LogP contribution in [0.1, 0.15) is 25.7 Å². The van der Waals surface area contributed by atoms with Crippen LogP contribution in [0.4, 0.5) is 5.69 Å². The van der Waals surface area contributed by atoms with E-state index in [0.29, 0.717) is 11.4 Å². The monoisotopic (exact) mass is 381 g/mol. The summed E-state index contributed by atoms with van der Waals surface area (Å²) >= 11 is 3.37. The van der Waals surface area contributed by atoms with Gasteiger partial charge in [0, 0.05) is 16.6 Å². The standard InChI is InChI=1S/C16H20BrN3O3/c17-10-1-6-13-14(7-10)23-9-16(22)20(13)8-15(21)19-12-4-2-11(18)3-5-12/h1,6-7,11-12H,2-5,8-9,18H2,(H,19,21). The molecule has 0 saturated heterocycles. The second-order valence-electron chi connectivity index (χ2n) is 6.06. The fourth-order valence-corrected chi connectivity index (χ4v) is 3.37. The Labute approximate surface area is 143 Å². The number of carbonyl (C=O) groups is 2. The molecule has 6 nitrogen and oxygen atoms in total. The molecule has 1 aliphatic carbocycles. The zero-order valence-corrected chi connectivity index (χ0v) is 14.3. The quantitative estimate of drug-likeness (QED) is 0.831. The topological polar surface area (TPSA) is 84.7 Å². The Balaban J connectivity index is 1.65. The molecule has 0 spiro atoms. The fourth-order valence-electron chi connectivity index (χ4n) is 3.03. The number of halogens is 1. The highest BCUT2D eigenvalue weighted by molar-refractivity contribution is 9.10. The maximum atomic E-state index is 12.3. The van der Waals surface area contributed by atoms with Crippen LogP contribution in [-0.2, 0) is 9.59 Å². The Morgan fingerprint density at radius 2 is 2.09 bits per heavy atom. The maximum Gasteiger partial charge on any atom is 0.265 e. The van der Waals surface area contributed by atoms with Crippen molar-refractivity contribution < 1.29 is 14.3 Å². The number of nitrogens with zero attached hydrogens (tertiary/aromatic N) is 1. The first kappa shape index (κ1) is 16.3. The Kier molecular flexibility index (Phi) is 4.87. The van der Waals surface area contributed by atoms with Crippen molar-refractivity contribution in [3.05, 3.63) is 22.7 Å². The zero-order valence-electron chi connectivity index (χ0n) is 12.8. The Morgan fingerprint density at radius 1 is 1.35 bits per heavy atom. The zero-order chi connectivity index (χ0) is 16.4. The van der Waals surface area contributed by atoms with Gasteiger partial charge in [-0.15, -0.1) is 0 Å². The number of ether oxygens (including phenoxy) is 1. The van der Waals surface area contributed by atoms with Crippen molar-refractivity contribution in [1.82, 2.24) is 5.32 Å². The molecule has 23 heavy (non-hydrogen) atoms. The van der Waals surface area contributed by atoms with E-state index in [9.17, 15) is 9.59 Å². The van der Waals surface area contributed by atoms with Crippen LogP contribution >= 0.6 is 15.9 Å². The van der Waals surface area contributed by atoms with Crippen molar-refractivity contribution in [2.24, 2.45) is 5.73 Å². The number of amides is 2. The predicted molar refractivity (Wildman–Crippen MR) is 90.4 cm³/mol. The van der Waals surface area contributed by atoms with Gasteiger partial charge >= 0.3 is 0 Å². The van der Waals surface area contributed by atoms with Gasteiger partial charge in [-0.25, -0.2) is 0 Å². The molecular weight excluding hydrogens is 362 g/mol. The first-order chi connectivity index (χ1) is 11.0. The van der Waals surface area contributed by atoms with Crippen molar-refractivity contribution in [1.29, 1.82) is 0 Å². The Hall–Kier alpha value is -1.60. The molecule has 1 saturated carbocycles. The highest BCUT2D eigenvalue weighted by Gasteiger charge is 2.28. The highest BCUT2D eigenvalue weighted by Crippen LogP contribution is 2.34. The van der Waals surface area contributed by atoms with Crippen molar-refractivity contribution in [3.8, 4) is 5.75 Å². The molecule has 3 rings (SSSR count). The summed E-state index contributed by atoms with van der Waals surface area (Å²) in [5, 5.41) is 3.01. The van der Waals surface area contributed by atoms with Gasteiger partial charge < -0.3 is 15.8 Å². The van der Waals surface area contributed by atoms with Gasteiger partial charge in [-0.1, -0.05) is 15.9 Å². The van der Waals surface area contributed by atoms with Crippen molar-refractivity contribution >= 4 is 33.4 Å². The van der Waals surface area contributed by atoms with E-state index in [1.54, 1.807) is 12.1 Å². The van der Waals surface area contributed by atoms with Crippen molar-refractivity contribution in [2.45, 2.75) is 37.8 Å². The maximum absolute atomic E-state index is 12.3. The van der Waals surface area contributed by atoms with Crippen LogP contribution in [0, 0.1) is 0 Å². The van der Waals surface area contributed by atoms with Gasteiger partial charge in [0.2, 0.25) is 5.91 Å². The largest absolute Gasteiger partial charge is 0.482 e. The summed E-state index contributed by atoms with van der Waals surface area (Å²) in [5.74, 6) is 0.255. The van der Waals surface area contributed by atoms with Crippen LogP contribution in [-0.4, -0.2) is 37.0 Å². The molecule has 1 aromatic carbocycles. The van der Waals surface area contributed by atoms with Crippen molar-refractivity contribution in [2.75, 3.05) is 18.1 Å². The second kappa shape index (κ2) is 6.88. The summed E-state index contributed by atoms with van der Waals surface area (Å²) < 4.78 is 6.29. The number of fused-ring (bicyclic) bond motifs is 1. The summed E-state index contributed by atoms with van der Waals surface area (Å²) in [5.41, 5.74) is 6.51. The fraction of sp³-hybridized carbons (Fsp3) is 0.500. The summed E-state index contributed by atoms with van der Waals surface area (Å²) in [6.07, 6.45) is 3.65. The van der Waals surface area contributed by atoms with E-state index < -0.39 is 0 Å². The average Bonchev–Trinajstić information content (AvgIpc) is 2.52. The minimum Gasteiger partial charge on any atom is -0.482 e. The Bertz CT molecular complexity index is 615. The van der Waals surface area contributed by atoms with Crippen LogP contribution in [0.5, 0.6) is 5.75 Å². The molecule has 124 valence electrons. The number of hydrogen-bond donors (Lipinski definition) is 2. The predicted octanol–water partition coefficient (Wildman–Crippen LogP) is 1.56. The van der Waals surface area contributed by atoms with Gasteiger partial charge in [0.15, 0.2) is 6.61 Å². The third kappa shape index (κ3) is 3.84. The number of anilines is 1. The van der Waals surface area contributed by atoms with Gasteiger partial charge in [-0.05, 0) is 43.9 Å². The van der Waals surface area contributed by atoms with Crippen LogP contribution in [0.2, 0.25) is 0 Å². The van der Waals surface area contributed by atoms with E-state index in [4.69, 9.17) is 10.5 Å². The molecule has 0 unspecified atom stereocenters. The lowest BCUT2D eigenvalue weighted by Gasteiger charge is -2.31. The number of hydrogen-bond acceptors (Lipinski definition) is 4. The second-order valence-corrected chi connectivity index (χ2v) is 6.98. The van der Waals surface area contributed by atoms with E-state index in [-0.39, 0.29) is 37.0 Å². The SMILES string of the molecule is NC1CCC(NC(=O)CN2C(=O)COc3cc(Br)ccc32)CC1. The summed E-state index contributed by atoms with van der Waals surface area (Å²) in [6, 6.07) is 5.81. The van der Waals surface area contributed by atoms with Crippen LogP contribution in [0.15, 0.2) is 22.7 Å². The molecule has 2 amide bonds. The third-order valence-electron chi connectivity index (χ3n) is 4.30. The number of rotatable bonds is 3. The molecule has 2 aliphatic rings. The number of carbonyl (C=O) groups excluding carboxylic acids is 2. The van der Waals surface area contributed by atoms with E-state index in [1.807, 2.05) is 6.07 Å². The number of nitrogens with two attached hydrogens (primary N) is 1. The normalized spacial score (nSPS) is 23.9. The first-order valence-electron chi connectivity index (χ1n) is 7.80. The summed E-state index contributed by atoms with van der Waals surface area (Å²) in [4.78, 5) is 25.9. The minimum atomic E-state index is -0.208. The van der Waals surface area contributed by atoms with E-state index in [0.717, 1.165) is 30.2 Å². The molecule has 1 heterocycles. The molecule has 0 radical (unpaired) electrons. The van der Waals surface area contributed by atoms with Crippen LogP contribution in [0.25, 0.3) is 0 Å². The number of benzene rings is 1. The summed E-state index contributed by atoms with van der Waals surface area (Å²) in [7, 11) is 0. The van der Waals surface area contributed by atoms with Gasteiger partial charge in [-0.3, -0.25) is 14.5 Å².